The van der Waals surface area contributed by atoms with Gasteiger partial charge >= 0.3 is 0 Å². The fourth-order valence-electron chi connectivity index (χ4n) is 0.245. The molecule has 60 valence electrons. The Kier molecular flexibility index (Phi) is 3.23. The second kappa shape index (κ2) is 3.13. The second-order valence-electron chi connectivity index (χ2n) is 3.19. The van der Waals surface area contributed by atoms with Crippen LogP contribution >= 0.6 is 25.3 Å². The topological polar surface area (TPSA) is 24.7 Å². The van der Waals surface area contributed by atoms with Crippen LogP contribution in [0.25, 0.3) is 0 Å². The van der Waals surface area contributed by atoms with E-state index in [2.05, 4.69) is 35.5 Å². The maximum absolute atomic E-state index is 4.17. The van der Waals surface area contributed by atoms with Crippen molar-refractivity contribution < 1.29 is 0 Å². The van der Waals surface area contributed by atoms with E-state index >= 15 is 0 Å². The molecule has 0 fully saturated rings. The van der Waals surface area contributed by atoms with Crippen LogP contribution < -0.4 is 0 Å². The van der Waals surface area contributed by atoms with Gasteiger partial charge < -0.3 is 0 Å². The van der Waals surface area contributed by atoms with Gasteiger partial charge in [-0.15, -0.1) is 25.3 Å². The van der Waals surface area contributed by atoms with Crippen molar-refractivity contribution in [3.63, 3.8) is 0 Å². The van der Waals surface area contributed by atoms with Gasteiger partial charge in [-0.25, -0.2) is 0 Å². The van der Waals surface area contributed by atoms with Gasteiger partial charge in [-0.2, -0.15) is 10.2 Å². The third kappa shape index (κ3) is 8.30. The molecule has 0 saturated carbocycles. The molecular formula is C6H14N2S2. The highest BCUT2D eigenvalue weighted by Gasteiger charge is 2.13. The average Bonchev–Trinajstić information content (AvgIpc) is 1.57. The predicted octanol–water partition coefficient (Wildman–Crippen LogP) is 2.77. The summed E-state index contributed by atoms with van der Waals surface area (Å²) in [4.78, 5) is -0.778. The van der Waals surface area contributed by atoms with Crippen LogP contribution in [-0.2, 0) is 0 Å². The third-order valence-corrected chi connectivity index (χ3v) is 0.718. The summed E-state index contributed by atoms with van der Waals surface area (Å²) < 4.78 is 0. The maximum atomic E-state index is 4.17. The monoisotopic (exact) mass is 178 g/mol. The first-order chi connectivity index (χ1) is 4.21. The molecule has 0 unspecified atom stereocenters. The summed E-state index contributed by atoms with van der Waals surface area (Å²) in [5.74, 6) is 0. The highest BCUT2D eigenvalue weighted by atomic mass is 32.1. The number of thiol groups is 2. The first-order valence-electron chi connectivity index (χ1n) is 3.09. The van der Waals surface area contributed by atoms with Crippen molar-refractivity contribution in [2.24, 2.45) is 10.2 Å². The molecule has 0 spiro atoms. The van der Waals surface area contributed by atoms with Gasteiger partial charge in [-0.3, -0.25) is 0 Å². The summed E-state index contributed by atoms with van der Waals surface area (Å²) >= 11 is 8.34. The Bertz CT molecular complexity index is 114. The molecule has 0 aliphatic heterocycles. The van der Waals surface area contributed by atoms with Crippen molar-refractivity contribution in [3.8, 4) is 0 Å². The smallest absolute Gasteiger partial charge is 0.118 e. The van der Waals surface area contributed by atoms with Crippen LogP contribution in [0.5, 0.6) is 0 Å². The molecule has 0 bridgehead atoms. The summed E-state index contributed by atoms with van der Waals surface area (Å²) in [5.41, 5.74) is 0. The number of hydrogen-bond acceptors (Lipinski definition) is 4. The van der Waals surface area contributed by atoms with Crippen molar-refractivity contribution in [2.75, 3.05) is 0 Å². The van der Waals surface area contributed by atoms with Gasteiger partial charge in [0.2, 0.25) is 0 Å². The Hall–Kier alpha value is 0.300. The molecule has 10 heavy (non-hydrogen) atoms. The van der Waals surface area contributed by atoms with Gasteiger partial charge in [0.15, 0.2) is 0 Å². The van der Waals surface area contributed by atoms with Gasteiger partial charge in [0.1, 0.15) is 9.74 Å². The SMILES string of the molecule is CC(C)(S)N=NC(C)(C)S. The molecule has 0 aliphatic carbocycles. The fraction of sp³-hybridized carbons (Fsp3) is 1.00. The lowest BCUT2D eigenvalue weighted by Crippen LogP contribution is -2.10. The Balaban J connectivity index is 4.01. The molecule has 0 atom stereocenters. The summed E-state index contributed by atoms with van der Waals surface area (Å²) in [6, 6.07) is 0. The predicted molar refractivity (Wildman–Crippen MR) is 51.0 cm³/mol. The van der Waals surface area contributed by atoms with E-state index in [0.717, 1.165) is 0 Å². The lowest BCUT2D eigenvalue weighted by molar-refractivity contribution is 0.620. The van der Waals surface area contributed by atoms with E-state index in [-0.39, 0.29) is 9.74 Å². The Morgan fingerprint density at radius 2 is 1.00 bits per heavy atom. The van der Waals surface area contributed by atoms with Crippen LogP contribution in [-0.4, -0.2) is 9.74 Å². The average molecular weight is 178 g/mol. The van der Waals surface area contributed by atoms with Crippen LogP contribution in [0.2, 0.25) is 0 Å². The summed E-state index contributed by atoms with van der Waals surface area (Å²) in [6.07, 6.45) is 0. The first-order valence-corrected chi connectivity index (χ1v) is 3.99. The Labute approximate surface area is 73.3 Å². The molecule has 0 aromatic rings. The van der Waals surface area contributed by atoms with E-state index in [0.29, 0.717) is 0 Å². The molecule has 2 nitrogen and oxygen atoms in total. The third-order valence-electron chi connectivity index (χ3n) is 0.539. The summed E-state index contributed by atoms with van der Waals surface area (Å²) in [5, 5.41) is 7.88. The van der Waals surface area contributed by atoms with Gasteiger partial charge in [0.25, 0.3) is 0 Å². The van der Waals surface area contributed by atoms with Crippen LogP contribution in [0.15, 0.2) is 10.2 Å². The lowest BCUT2D eigenvalue weighted by atomic mass is 10.4. The molecule has 0 rings (SSSR count). The molecule has 0 heterocycles. The van der Waals surface area contributed by atoms with Crippen molar-refractivity contribution in [3.05, 3.63) is 0 Å². The van der Waals surface area contributed by atoms with Crippen LogP contribution in [0.1, 0.15) is 27.7 Å². The zero-order valence-corrected chi connectivity index (χ0v) is 8.58. The molecule has 0 amide bonds. The Morgan fingerprint density at radius 1 is 0.800 bits per heavy atom. The second-order valence-corrected chi connectivity index (χ2v) is 5.38. The number of rotatable bonds is 2. The minimum atomic E-state index is -0.389. The van der Waals surface area contributed by atoms with E-state index in [1.165, 1.54) is 0 Å². The number of hydrogen-bond donors (Lipinski definition) is 2. The normalized spacial score (nSPS) is 14.6. The minimum Gasteiger partial charge on any atom is -0.176 e. The van der Waals surface area contributed by atoms with Crippen molar-refractivity contribution in [2.45, 2.75) is 37.4 Å². The van der Waals surface area contributed by atoms with E-state index < -0.39 is 0 Å². The number of nitrogens with zero attached hydrogens (tertiary/aromatic N) is 2. The minimum absolute atomic E-state index is 0.389. The molecule has 0 aromatic heterocycles. The van der Waals surface area contributed by atoms with Crippen molar-refractivity contribution in [1.29, 1.82) is 0 Å². The fourth-order valence-corrected chi connectivity index (χ4v) is 0.334. The molecule has 0 radical (unpaired) electrons. The maximum Gasteiger partial charge on any atom is 0.118 e. The van der Waals surface area contributed by atoms with Gasteiger partial charge in [-0.1, -0.05) is 0 Å². The summed E-state index contributed by atoms with van der Waals surface area (Å²) in [6.45, 7) is 7.50. The lowest BCUT2D eigenvalue weighted by Gasteiger charge is -2.13. The van der Waals surface area contributed by atoms with E-state index in [9.17, 15) is 0 Å². The summed E-state index contributed by atoms with van der Waals surface area (Å²) in [7, 11) is 0. The molecule has 0 aliphatic rings. The van der Waals surface area contributed by atoms with E-state index in [1.54, 1.807) is 0 Å². The number of azo groups is 1. The molecular weight excluding hydrogens is 164 g/mol. The first kappa shape index (κ1) is 10.3. The zero-order valence-electron chi connectivity index (χ0n) is 6.79. The molecule has 0 N–H and O–H groups in total. The van der Waals surface area contributed by atoms with Crippen molar-refractivity contribution in [1.82, 2.24) is 0 Å². The van der Waals surface area contributed by atoms with Crippen LogP contribution in [0.3, 0.4) is 0 Å². The van der Waals surface area contributed by atoms with E-state index in [1.807, 2.05) is 27.7 Å². The Morgan fingerprint density at radius 3 is 1.10 bits per heavy atom. The highest BCUT2D eigenvalue weighted by molar-refractivity contribution is 7.82. The molecule has 0 saturated heterocycles. The van der Waals surface area contributed by atoms with Crippen molar-refractivity contribution >= 4 is 25.3 Å². The van der Waals surface area contributed by atoms with Crippen LogP contribution in [0, 0.1) is 0 Å². The van der Waals surface area contributed by atoms with Gasteiger partial charge in [0.05, 0.1) is 0 Å². The standard InChI is InChI=1S/C6H14N2S2/c1-5(2,9)7-8-6(3,4)10/h9-10H,1-4H3. The van der Waals surface area contributed by atoms with Crippen LogP contribution in [0.4, 0.5) is 0 Å². The van der Waals surface area contributed by atoms with Gasteiger partial charge in [0, 0.05) is 0 Å². The largest absolute Gasteiger partial charge is 0.176 e. The highest BCUT2D eigenvalue weighted by Crippen LogP contribution is 2.20. The van der Waals surface area contributed by atoms with E-state index in [4.69, 9.17) is 0 Å². The van der Waals surface area contributed by atoms with Gasteiger partial charge in [-0.05, 0) is 27.7 Å². The quantitative estimate of drug-likeness (QED) is 0.480. The molecule has 0 aromatic carbocycles. The molecule has 4 heteroatoms. The zero-order chi connectivity index (χ0) is 8.41.